The Balaban J connectivity index is 1.72. The van der Waals surface area contributed by atoms with Gasteiger partial charge in [-0.15, -0.1) is 0 Å². The van der Waals surface area contributed by atoms with Gasteiger partial charge in [0.25, 0.3) is 5.91 Å². The van der Waals surface area contributed by atoms with Gasteiger partial charge < -0.3 is 15.5 Å². The molecule has 0 aliphatic heterocycles. The van der Waals surface area contributed by atoms with Crippen LogP contribution >= 0.6 is 11.6 Å². The fourth-order valence-electron chi connectivity index (χ4n) is 2.65. The van der Waals surface area contributed by atoms with Crippen molar-refractivity contribution in [1.29, 1.82) is 0 Å². The number of nitrogens with one attached hydrogen (secondary N) is 1. The summed E-state index contributed by atoms with van der Waals surface area (Å²) in [6, 6.07) is 7.50. The van der Waals surface area contributed by atoms with Gasteiger partial charge in [-0.1, -0.05) is 11.6 Å². The predicted octanol–water partition coefficient (Wildman–Crippen LogP) is 3.09. The summed E-state index contributed by atoms with van der Waals surface area (Å²) in [7, 11) is 0. The lowest BCUT2D eigenvalue weighted by Gasteiger charge is -2.26. The molecule has 4 nitrogen and oxygen atoms in total. The summed E-state index contributed by atoms with van der Waals surface area (Å²) in [6.45, 7) is 0. The molecule has 0 bridgehead atoms. The highest BCUT2D eigenvalue weighted by Crippen LogP contribution is 2.23. The van der Waals surface area contributed by atoms with E-state index in [0.29, 0.717) is 16.4 Å². The molecule has 1 amide bonds. The van der Waals surface area contributed by atoms with E-state index in [1.807, 2.05) is 0 Å². The number of furan rings is 1. The van der Waals surface area contributed by atoms with E-state index in [0.717, 1.165) is 31.1 Å². The van der Waals surface area contributed by atoms with E-state index < -0.39 is 0 Å². The Bertz CT molecular complexity index is 630. The van der Waals surface area contributed by atoms with Crippen molar-refractivity contribution in [3.63, 3.8) is 0 Å². The number of fused-ring (bicyclic) bond motifs is 1. The minimum absolute atomic E-state index is 0.169. The Labute approximate surface area is 122 Å². The van der Waals surface area contributed by atoms with Crippen LogP contribution in [0, 0.1) is 0 Å². The molecule has 1 aromatic carbocycles. The number of carbonyl (C=O) groups is 1. The number of hydrogen-bond acceptors (Lipinski definition) is 3. The summed E-state index contributed by atoms with van der Waals surface area (Å²) in [5.74, 6) is 0.162. The molecule has 1 aromatic heterocycles. The lowest BCUT2D eigenvalue weighted by molar-refractivity contribution is 0.0900. The van der Waals surface area contributed by atoms with Crippen LogP contribution in [0.1, 0.15) is 36.2 Å². The largest absolute Gasteiger partial charge is 0.451 e. The van der Waals surface area contributed by atoms with Crippen molar-refractivity contribution >= 4 is 28.5 Å². The molecule has 1 fully saturated rings. The monoisotopic (exact) mass is 292 g/mol. The summed E-state index contributed by atoms with van der Waals surface area (Å²) in [6.07, 6.45) is 3.78. The van der Waals surface area contributed by atoms with Crippen molar-refractivity contribution < 1.29 is 9.21 Å². The van der Waals surface area contributed by atoms with Crippen molar-refractivity contribution in [1.82, 2.24) is 5.32 Å². The number of halogens is 1. The van der Waals surface area contributed by atoms with Crippen molar-refractivity contribution in [2.45, 2.75) is 37.8 Å². The third kappa shape index (κ3) is 2.81. The highest BCUT2D eigenvalue weighted by molar-refractivity contribution is 6.31. The van der Waals surface area contributed by atoms with E-state index in [1.165, 1.54) is 0 Å². The average molecular weight is 293 g/mol. The Morgan fingerprint density at radius 2 is 2.00 bits per heavy atom. The van der Waals surface area contributed by atoms with Gasteiger partial charge in [-0.05, 0) is 49.9 Å². The summed E-state index contributed by atoms with van der Waals surface area (Å²) in [5.41, 5.74) is 6.53. The fourth-order valence-corrected chi connectivity index (χ4v) is 2.83. The maximum atomic E-state index is 12.2. The topological polar surface area (TPSA) is 68.3 Å². The second-order valence-electron chi connectivity index (χ2n) is 5.38. The van der Waals surface area contributed by atoms with Gasteiger partial charge in [0.15, 0.2) is 5.76 Å². The molecule has 1 aliphatic rings. The first-order chi connectivity index (χ1) is 9.61. The predicted molar refractivity (Wildman–Crippen MR) is 78.9 cm³/mol. The first-order valence-electron chi connectivity index (χ1n) is 6.87. The highest BCUT2D eigenvalue weighted by atomic mass is 35.5. The minimum atomic E-state index is -0.169. The molecule has 1 heterocycles. The van der Waals surface area contributed by atoms with Crippen molar-refractivity contribution in [2.24, 2.45) is 5.73 Å². The molecular weight excluding hydrogens is 276 g/mol. The quantitative estimate of drug-likeness (QED) is 0.894. The zero-order valence-corrected chi connectivity index (χ0v) is 11.8. The number of hydrogen-bond donors (Lipinski definition) is 2. The van der Waals surface area contributed by atoms with Crippen LogP contribution in [0.4, 0.5) is 0 Å². The first-order valence-corrected chi connectivity index (χ1v) is 7.25. The van der Waals surface area contributed by atoms with E-state index in [2.05, 4.69) is 5.32 Å². The molecule has 106 valence electrons. The minimum Gasteiger partial charge on any atom is -0.451 e. The van der Waals surface area contributed by atoms with Gasteiger partial charge in [-0.25, -0.2) is 0 Å². The van der Waals surface area contributed by atoms with E-state index >= 15 is 0 Å². The van der Waals surface area contributed by atoms with Crippen molar-refractivity contribution in [3.05, 3.63) is 35.0 Å². The van der Waals surface area contributed by atoms with Crippen LogP contribution in [0.25, 0.3) is 11.0 Å². The van der Waals surface area contributed by atoms with Crippen LogP contribution in [-0.4, -0.2) is 18.0 Å². The summed E-state index contributed by atoms with van der Waals surface area (Å²) in [5, 5.41) is 4.48. The van der Waals surface area contributed by atoms with E-state index in [4.69, 9.17) is 21.8 Å². The molecule has 2 aromatic rings. The molecule has 0 atom stereocenters. The van der Waals surface area contributed by atoms with Gasteiger partial charge >= 0.3 is 0 Å². The summed E-state index contributed by atoms with van der Waals surface area (Å²) < 4.78 is 5.55. The van der Waals surface area contributed by atoms with Gasteiger partial charge in [0.05, 0.1) is 0 Å². The Morgan fingerprint density at radius 3 is 2.75 bits per heavy atom. The fraction of sp³-hybridized carbons (Fsp3) is 0.400. The molecule has 3 rings (SSSR count). The molecule has 20 heavy (non-hydrogen) atoms. The van der Waals surface area contributed by atoms with Gasteiger partial charge in [-0.2, -0.15) is 0 Å². The van der Waals surface area contributed by atoms with Gasteiger partial charge in [0.1, 0.15) is 5.58 Å². The van der Waals surface area contributed by atoms with Crippen LogP contribution in [0.15, 0.2) is 28.7 Å². The first kappa shape index (κ1) is 13.5. The van der Waals surface area contributed by atoms with Crippen LogP contribution < -0.4 is 11.1 Å². The number of nitrogens with two attached hydrogens (primary N) is 1. The maximum Gasteiger partial charge on any atom is 0.287 e. The lowest BCUT2D eigenvalue weighted by atomic mass is 9.92. The highest BCUT2D eigenvalue weighted by Gasteiger charge is 2.22. The second kappa shape index (κ2) is 5.46. The molecular formula is C15H17ClN2O2. The van der Waals surface area contributed by atoms with Crippen LogP contribution in [0.5, 0.6) is 0 Å². The van der Waals surface area contributed by atoms with E-state index in [-0.39, 0.29) is 18.0 Å². The normalized spacial score (nSPS) is 22.9. The van der Waals surface area contributed by atoms with Crippen molar-refractivity contribution in [3.8, 4) is 0 Å². The number of amides is 1. The molecule has 5 heteroatoms. The SMILES string of the molecule is NC1CCC(NC(=O)c2cc3cc(Cl)ccc3o2)CC1. The van der Waals surface area contributed by atoms with Gasteiger partial charge in [0.2, 0.25) is 0 Å². The van der Waals surface area contributed by atoms with Crippen LogP contribution in [0.2, 0.25) is 5.02 Å². The molecule has 0 radical (unpaired) electrons. The third-order valence-corrected chi connectivity index (χ3v) is 4.04. The average Bonchev–Trinajstić information content (AvgIpc) is 2.84. The second-order valence-corrected chi connectivity index (χ2v) is 5.81. The standard InChI is InChI=1S/C15H17ClN2O2/c16-10-1-6-13-9(7-10)8-14(20-13)15(19)18-12-4-2-11(17)3-5-12/h1,6-8,11-12H,2-5,17H2,(H,18,19). The zero-order valence-electron chi connectivity index (χ0n) is 11.1. The van der Waals surface area contributed by atoms with Crippen LogP contribution in [0.3, 0.4) is 0 Å². The Hall–Kier alpha value is -1.52. The summed E-state index contributed by atoms with van der Waals surface area (Å²) >= 11 is 5.92. The maximum absolute atomic E-state index is 12.2. The van der Waals surface area contributed by atoms with Gasteiger partial charge in [-0.3, -0.25) is 4.79 Å². The third-order valence-electron chi connectivity index (χ3n) is 3.81. The molecule has 1 aliphatic carbocycles. The molecule has 0 saturated heterocycles. The van der Waals surface area contributed by atoms with Crippen molar-refractivity contribution in [2.75, 3.05) is 0 Å². The zero-order chi connectivity index (χ0) is 14.1. The van der Waals surface area contributed by atoms with E-state index in [9.17, 15) is 4.79 Å². The Morgan fingerprint density at radius 1 is 1.25 bits per heavy atom. The number of carbonyl (C=O) groups excluding carboxylic acids is 1. The van der Waals surface area contributed by atoms with Gasteiger partial charge in [0, 0.05) is 22.5 Å². The lowest BCUT2D eigenvalue weighted by Crippen LogP contribution is -2.40. The van der Waals surface area contributed by atoms with E-state index in [1.54, 1.807) is 24.3 Å². The Kier molecular flexibility index (Phi) is 3.68. The molecule has 0 unspecified atom stereocenters. The molecule has 3 N–H and O–H groups in total. The summed E-state index contributed by atoms with van der Waals surface area (Å²) in [4.78, 5) is 12.2. The number of benzene rings is 1. The molecule has 0 spiro atoms. The molecule has 1 saturated carbocycles. The van der Waals surface area contributed by atoms with Crippen LogP contribution in [-0.2, 0) is 0 Å². The smallest absolute Gasteiger partial charge is 0.287 e. The number of rotatable bonds is 2.